The molecule has 2 aromatic carbocycles. The average Bonchev–Trinajstić information content (AvgIpc) is 2.68. The van der Waals surface area contributed by atoms with Crippen LogP contribution < -0.4 is 15.8 Å². The number of carbonyl (C=O) groups excluding carboxylic acids is 2. The molecule has 0 saturated carbocycles. The fraction of sp³-hybridized carbons (Fsp3) is 0.0952. The van der Waals surface area contributed by atoms with Gasteiger partial charge >= 0.3 is 0 Å². The fourth-order valence-corrected chi connectivity index (χ4v) is 2.76. The summed E-state index contributed by atoms with van der Waals surface area (Å²) in [6, 6.07) is 14.2. The van der Waals surface area contributed by atoms with Gasteiger partial charge in [0.15, 0.2) is 0 Å². The van der Waals surface area contributed by atoms with Gasteiger partial charge < -0.3 is 15.8 Å². The molecule has 1 heterocycles. The summed E-state index contributed by atoms with van der Waals surface area (Å²) < 4.78 is 19.5. The van der Waals surface area contributed by atoms with Crippen LogP contribution in [0, 0.1) is 5.82 Å². The molecule has 0 aliphatic carbocycles. The van der Waals surface area contributed by atoms with E-state index >= 15 is 0 Å². The highest BCUT2D eigenvalue weighted by Crippen LogP contribution is 2.22. The molecule has 0 unspecified atom stereocenters. The molecule has 148 valence electrons. The first-order valence-electron chi connectivity index (χ1n) is 8.68. The van der Waals surface area contributed by atoms with E-state index in [9.17, 15) is 14.0 Å². The third-order valence-corrected chi connectivity index (χ3v) is 4.23. The number of nitrogens with zero attached hydrogens (tertiary/aromatic N) is 1. The minimum absolute atomic E-state index is 0.0607. The molecule has 0 atom stereocenters. The van der Waals surface area contributed by atoms with Gasteiger partial charge in [0.1, 0.15) is 23.0 Å². The third kappa shape index (κ3) is 5.52. The molecule has 3 rings (SSSR count). The summed E-state index contributed by atoms with van der Waals surface area (Å²) >= 11 is 5.69. The maximum atomic E-state index is 13.8. The van der Waals surface area contributed by atoms with E-state index in [0.717, 1.165) is 11.6 Å². The normalized spacial score (nSPS) is 10.4. The predicted octanol–water partition coefficient (Wildman–Crippen LogP) is 3.74. The van der Waals surface area contributed by atoms with Crippen molar-refractivity contribution >= 4 is 23.4 Å². The average molecular weight is 414 g/mol. The molecule has 8 heteroatoms. The molecule has 0 aliphatic heterocycles. The second kappa shape index (κ2) is 9.16. The summed E-state index contributed by atoms with van der Waals surface area (Å²) in [7, 11) is 0. The maximum Gasteiger partial charge on any atom is 0.267 e. The van der Waals surface area contributed by atoms with Crippen molar-refractivity contribution < 1.29 is 18.7 Å². The smallest absolute Gasteiger partial charge is 0.267 e. The van der Waals surface area contributed by atoms with Gasteiger partial charge in [-0.2, -0.15) is 0 Å². The molecule has 0 radical (unpaired) electrons. The number of ether oxygens (including phenoxy) is 1. The Bertz CT molecular complexity index is 1060. The zero-order chi connectivity index (χ0) is 20.8. The minimum atomic E-state index is -0.668. The molecule has 0 aliphatic rings. The maximum absolute atomic E-state index is 13.8. The molecule has 0 fully saturated rings. The van der Waals surface area contributed by atoms with Crippen LogP contribution >= 0.6 is 11.6 Å². The van der Waals surface area contributed by atoms with Crippen LogP contribution in [0.5, 0.6) is 11.5 Å². The first-order valence-corrected chi connectivity index (χ1v) is 9.06. The molecule has 0 spiro atoms. The van der Waals surface area contributed by atoms with Crippen molar-refractivity contribution in [3.63, 3.8) is 0 Å². The molecule has 3 aromatic rings. The van der Waals surface area contributed by atoms with E-state index < -0.39 is 17.6 Å². The Balaban J connectivity index is 1.59. The molecule has 6 nitrogen and oxygen atoms in total. The topological polar surface area (TPSA) is 94.3 Å². The van der Waals surface area contributed by atoms with Gasteiger partial charge in [-0.1, -0.05) is 23.7 Å². The number of primary amides is 1. The Morgan fingerprint density at radius 2 is 1.90 bits per heavy atom. The number of carbonyl (C=O) groups is 2. The number of nitrogens with two attached hydrogens (primary N) is 1. The summed E-state index contributed by atoms with van der Waals surface area (Å²) in [6.07, 6.45) is 1.95. The zero-order valence-corrected chi connectivity index (χ0v) is 15.9. The van der Waals surface area contributed by atoms with Crippen molar-refractivity contribution in [3.8, 4) is 11.5 Å². The molecule has 0 bridgehead atoms. The summed E-state index contributed by atoms with van der Waals surface area (Å²) in [5, 5.41) is 2.90. The summed E-state index contributed by atoms with van der Waals surface area (Å²) in [5.74, 6) is -0.839. The van der Waals surface area contributed by atoms with E-state index in [1.807, 2.05) is 12.1 Å². The van der Waals surface area contributed by atoms with Gasteiger partial charge in [0.2, 0.25) is 0 Å². The number of aromatic nitrogens is 1. The van der Waals surface area contributed by atoms with Crippen molar-refractivity contribution in [2.45, 2.75) is 6.42 Å². The second-order valence-corrected chi connectivity index (χ2v) is 6.56. The lowest BCUT2D eigenvalue weighted by atomic mass is 10.1. The van der Waals surface area contributed by atoms with Gasteiger partial charge in [0, 0.05) is 23.8 Å². The molecular weight excluding hydrogens is 397 g/mol. The van der Waals surface area contributed by atoms with E-state index in [4.69, 9.17) is 22.1 Å². The van der Waals surface area contributed by atoms with Gasteiger partial charge in [-0.05, 0) is 48.4 Å². The van der Waals surface area contributed by atoms with Crippen LogP contribution in [0.15, 0.2) is 60.8 Å². The minimum Gasteiger partial charge on any atom is -0.457 e. The highest BCUT2D eigenvalue weighted by atomic mass is 35.5. The Morgan fingerprint density at radius 3 is 2.66 bits per heavy atom. The van der Waals surface area contributed by atoms with E-state index in [0.29, 0.717) is 24.5 Å². The Labute approximate surface area is 171 Å². The zero-order valence-electron chi connectivity index (χ0n) is 15.2. The lowest BCUT2D eigenvalue weighted by molar-refractivity contribution is 0.0948. The number of hydrogen-bond acceptors (Lipinski definition) is 4. The number of amides is 2. The highest BCUT2D eigenvalue weighted by molar-refractivity contribution is 6.30. The lowest BCUT2D eigenvalue weighted by Gasteiger charge is -2.09. The van der Waals surface area contributed by atoms with Gasteiger partial charge in [0.25, 0.3) is 11.8 Å². The number of nitrogens with one attached hydrogen (secondary N) is 1. The molecule has 3 N–H and O–H groups in total. The van der Waals surface area contributed by atoms with E-state index in [2.05, 4.69) is 10.3 Å². The van der Waals surface area contributed by atoms with E-state index in [1.165, 1.54) is 24.4 Å². The monoisotopic (exact) mass is 413 g/mol. The first-order chi connectivity index (χ1) is 13.9. The number of benzene rings is 2. The van der Waals surface area contributed by atoms with Crippen LogP contribution in [0.1, 0.15) is 26.4 Å². The van der Waals surface area contributed by atoms with Crippen LogP contribution in [-0.4, -0.2) is 23.3 Å². The van der Waals surface area contributed by atoms with E-state index in [-0.39, 0.29) is 16.3 Å². The van der Waals surface area contributed by atoms with Gasteiger partial charge in [0.05, 0.1) is 5.56 Å². The van der Waals surface area contributed by atoms with Crippen LogP contribution in [0.3, 0.4) is 0 Å². The van der Waals surface area contributed by atoms with Gasteiger partial charge in [-0.25, -0.2) is 4.39 Å². The van der Waals surface area contributed by atoms with Gasteiger partial charge in [-0.3, -0.25) is 14.6 Å². The number of hydrogen-bond donors (Lipinski definition) is 2. The summed E-state index contributed by atoms with van der Waals surface area (Å²) in [5.41, 5.74) is 6.17. The Morgan fingerprint density at radius 1 is 1.10 bits per heavy atom. The van der Waals surface area contributed by atoms with Crippen LogP contribution in [0.2, 0.25) is 5.02 Å². The van der Waals surface area contributed by atoms with Crippen LogP contribution in [0.25, 0.3) is 0 Å². The third-order valence-electron chi connectivity index (χ3n) is 3.99. The van der Waals surface area contributed by atoms with Crippen molar-refractivity contribution in [2.75, 3.05) is 6.54 Å². The van der Waals surface area contributed by atoms with Crippen molar-refractivity contribution in [3.05, 3.63) is 88.5 Å². The molecule has 1 aromatic heterocycles. The molecular formula is C21H17ClFN3O3. The molecule has 0 saturated heterocycles. The van der Waals surface area contributed by atoms with Crippen LogP contribution in [-0.2, 0) is 6.42 Å². The largest absolute Gasteiger partial charge is 0.457 e. The lowest BCUT2D eigenvalue weighted by Crippen LogP contribution is -2.26. The summed E-state index contributed by atoms with van der Waals surface area (Å²) in [6.45, 7) is 0.311. The fourth-order valence-electron chi connectivity index (χ4n) is 2.60. The summed E-state index contributed by atoms with van der Waals surface area (Å²) in [4.78, 5) is 27.2. The van der Waals surface area contributed by atoms with Gasteiger partial charge in [-0.15, -0.1) is 0 Å². The van der Waals surface area contributed by atoms with Crippen molar-refractivity contribution in [1.29, 1.82) is 0 Å². The van der Waals surface area contributed by atoms with Crippen molar-refractivity contribution in [1.82, 2.24) is 10.3 Å². The predicted molar refractivity (Wildman–Crippen MR) is 107 cm³/mol. The Kier molecular flexibility index (Phi) is 6.41. The molecule has 2 amide bonds. The van der Waals surface area contributed by atoms with E-state index in [1.54, 1.807) is 18.2 Å². The number of halogens is 2. The van der Waals surface area contributed by atoms with Crippen LogP contribution in [0.4, 0.5) is 4.39 Å². The molecule has 29 heavy (non-hydrogen) atoms. The quantitative estimate of drug-likeness (QED) is 0.617. The number of rotatable bonds is 7. The SMILES string of the molecule is NC(=O)c1cc(Oc2cccc(CCNC(=O)c3ccc(Cl)cc3F)c2)ccn1. The van der Waals surface area contributed by atoms with Crippen molar-refractivity contribution in [2.24, 2.45) is 5.73 Å². The highest BCUT2D eigenvalue weighted by Gasteiger charge is 2.11. The Hall–Kier alpha value is -3.45. The number of pyridine rings is 1. The standard InChI is InChI=1S/C21H17ClFN3O3/c22-14-4-5-17(18(23)11-14)21(28)26-8-6-13-2-1-3-15(10-13)29-16-7-9-25-19(12-16)20(24)27/h1-5,7,9-12H,6,8H2,(H2,24,27)(H,26,28). The second-order valence-electron chi connectivity index (χ2n) is 6.12. The first kappa shape index (κ1) is 20.3.